The van der Waals surface area contributed by atoms with Crippen LogP contribution in [0, 0.1) is 6.92 Å². The van der Waals surface area contributed by atoms with Crippen molar-refractivity contribution < 1.29 is 14.3 Å². The van der Waals surface area contributed by atoms with Crippen molar-refractivity contribution in [2.24, 2.45) is 0 Å². The Morgan fingerprint density at radius 2 is 1.74 bits per heavy atom. The predicted octanol–water partition coefficient (Wildman–Crippen LogP) is 3.98. The number of ether oxygens (including phenoxy) is 1. The van der Waals surface area contributed by atoms with E-state index in [1.807, 2.05) is 55.5 Å². The number of nitrogens with zero attached hydrogens (tertiary/aromatic N) is 1. The number of carbonyl (C=O) groups is 2. The largest absolute Gasteiger partial charge is 0.481 e. The topological polar surface area (TPSA) is 58.6 Å². The lowest BCUT2D eigenvalue weighted by Gasteiger charge is -2.22. The quantitative estimate of drug-likeness (QED) is 0.804. The SMILES string of the molecule is Cc1ccc(NC(=O)CN(C)C(=O)C(C)Oc2cccc(C(C)C)c2)cc1. The van der Waals surface area contributed by atoms with Crippen LogP contribution >= 0.6 is 0 Å². The molecule has 2 amide bonds. The highest BCUT2D eigenvalue weighted by molar-refractivity contribution is 5.95. The molecule has 0 bridgehead atoms. The number of hydrogen-bond acceptors (Lipinski definition) is 3. The molecule has 1 N–H and O–H groups in total. The second-order valence-corrected chi connectivity index (χ2v) is 7.10. The molecule has 144 valence electrons. The molecule has 1 unspecified atom stereocenters. The Morgan fingerprint density at radius 1 is 1.07 bits per heavy atom. The van der Waals surface area contributed by atoms with E-state index in [2.05, 4.69) is 19.2 Å². The highest BCUT2D eigenvalue weighted by atomic mass is 16.5. The van der Waals surface area contributed by atoms with Crippen LogP contribution in [0.15, 0.2) is 48.5 Å². The fourth-order valence-electron chi connectivity index (χ4n) is 2.64. The Kier molecular flexibility index (Phi) is 6.99. The lowest BCUT2D eigenvalue weighted by Crippen LogP contribution is -2.42. The number of aryl methyl sites for hydroxylation is 1. The minimum Gasteiger partial charge on any atom is -0.481 e. The molecule has 5 nitrogen and oxygen atoms in total. The summed E-state index contributed by atoms with van der Waals surface area (Å²) in [6.07, 6.45) is -0.676. The van der Waals surface area contributed by atoms with Gasteiger partial charge in [-0.3, -0.25) is 9.59 Å². The van der Waals surface area contributed by atoms with Gasteiger partial charge in [0.1, 0.15) is 5.75 Å². The molecule has 2 aromatic carbocycles. The van der Waals surface area contributed by atoms with E-state index >= 15 is 0 Å². The zero-order chi connectivity index (χ0) is 20.0. The van der Waals surface area contributed by atoms with Gasteiger partial charge in [0.15, 0.2) is 6.10 Å². The highest BCUT2D eigenvalue weighted by Crippen LogP contribution is 2.21. The Morgan fingerprint density at radius 3 is 2.37 bits per heavy atom. The van der Waals surface area contributed by atoms with Gasteiger partial charge in [0.05, 0.1) is 6.54 Å². The van der Waals surface area contributed by atoms with Gasteiger partial charge in [0.25, 0.3) is 5.91 Å². The third-order valence-corrected chi connectivity index (χ3v) is 4.28. The second-order valence-electron chi connectivity index (χ2n) is 7.10. The zero-order valence-corrected chi connectivity index (χ0v) is 16.7. The van der Waals surface area contributed by atoms with Gasteiger partial charge in [-0.1, -0.05) is 43.7 Å². The maximum atomic E-state index is 12.5. The standard InChI is InChI=1S/C22H28N2O3/c1-15(2)18-7-6-8-20(13-18)27-17(4)22(26)24(5)14-21(25)23-19-11-9-16(3)10-12-19/h6-13,15,17H,14H2,1-5H3,(H,23,25). The van der Waals surface area contributed by atoms with Gasteiger partial charge in [0.2, 0.25) is 5.91 Å². The molecule has 0 aromatic heterocycles. The molecule has 2 aromatic rings. The summed E-state index contributed by atoms with van der Waals surface area (Å²) in [5, 5.41) is 2.79. The van der Waals surface area contributed by atoms with Crippen molar-refractivity contribution in [2.45, 2.75) is 39.7 Å². The number of hydrogen-bond donors (Lipinski definition) is 1. The van der Waals surface area contributed by atoms with E-state index in [0.717, 1.165) is 11.1 Å². The Labute approximate surface area is 161 Å². The molecule has 0 heterocycles. The van der Waals surface area contributed by atoms with Crippen molar-refractivity contribution in [1.82, 2.24) is 4.90 Å². The zero-order valence-electron chi connectivity index (χ0n) is 16.7. The average Bonchev–Trinajstić information content (AvgIpc) is 2.63. The number of nitrogens with one attached hydrogen (secondary N) is 1. The normalized spacial score (nSPS) is 11.8. The molecule has 0 aliphatic rings. The molecule has 0 spiro atoms. The number of anilines is 1. The third kappa shape index (κ3) is 6.13. The number of carbonyl (C=O) groups excluding carboxylic acids is 2. The van der Waals surface area contributed by atoms with Crippen LogP contribution in [0.25, 0.3) is 0 Å². The van der Waals surface area contributed by atoms with Gasteiger partial charge in [-0.25, -0.2) is 0 Å². The second kappa shape index (κ2) is 9.21. The number of rotatable bonds is 7. The Bertz CT molecular complexity index is 784. The predicted molar refractivity (Wildman–Crippen MR) is 108 cm³/mol. The maximum absolute atomic E-state index is 12.5. The smallest absolute Gasteiger partial charge is 0.263 e. The third-order valence-electron chi connectivity index (χ3n) is 4.28. The number of benzene rings is 2. The molecule has 1 atom stereocenters. The van der Waals surface area contributed by atoms with Crippen molar-refractivity contribution in [3.8, 4) is 5.75 Å². The lowest BCUT2D eigenvalue weighted by atomic mass is 10.0. The monoisotopic (exact) mass is 368 g/mol. The molecule has 0 fully saturated rings. The first-order valence-electron chi connectivity index (χ1n) is 9.14. The molecule has 0 aliphatic carbocycles. The molecule has 2 rings (SSSR count). The summed E-state index contributed by atoms with van der Waals surface area (Å²) in [6.45, 7) is 7.85. The summed E-state index contributed by atoms with van der Waals surface area (Å²) in [5.74, 6) is 0.542. The molecule has 27 heavy (non-hydrogen) atoms. The van der Waals surface area contributed by atoms with Crippen molar-refractivity contribution in [3.63, 3.8) is 0 Å². The van der Waals surface area contributed by atoms with E-state index in [4.69, 9.17) is 4.74 Å². The van der Waals surface area contributed by atoms with E-state index in [1.54, 1.807) is 14.0 Å². The van der Waals surface area contributed by atoms with Gasteiger partial charge >= 0.3 is 0 Å². The van der Waals surface area contributed by atoms with Crippen LogP contribution in [0.1, 0.15) is 37.8 Å². The van der Waals surface area contributed by atoms with Gasteiger partial charge < -0.3 is 15.0 Å². The Hall–Kier alpha value is -2.82. The minimum absolute atomic E-state index is 0.0353. The van der Waals surface area contributed by atoms with Crippen molar-refractivity contribution in [1.29, 1.82) is 0 Å². The van der Waals surface area contributed by atoms with Crippen molar-refractivity contribution >= 4 is 17.5 Å². The summed E-state index contributed by atoms with van der Waals surface area (Å²) in [5.41, 5.74) is 2.98. The summed E-state index contributed by atoms with van der Waals surface area (Å²) < 4.78 is 5.78. The van der Waals surface area contributed by atoms with Gasteiger partial charge in [0, 0.05) is 12.7 Å². The summed E-state index contributed by atoms with van der Waals surface area (Å²) >= 11 is 0. The van der Waals surface area contributed by atoms with Crippen LogP contribution < -0.4 is 10.1 Å². The van der Waals surface area contributed by atoms with Crippen LogP contribution in [-0.2, 0) is 9.59 Å². The first-order chi connectivity index (χ1) is 12.8. The first kappa shape index (κ1) is 20.5. The van der Waals surface area contributed by atoms with E-state index in [0.29, 0.717) is 17.4 Å². The van der Waals surface area contributed by atoms with E-state index in [-0.39, 0.29) is 18.4 Å². The molecule has 0 saturated carbocycles. The molecule has 0 aliphatic heterocycles. The summed E-state index contributed by atoms with van der Waals surface area (Å²) in [7, 11) is 1.60. The van der Waals surface area contributed by atoms with Crippen LogP contribution in [0.5, 0.6) is 5.75 Å². The first-order valence-corrected chi connectivity index (χ1v) is 9.14. The summed E-state index contributed by atoms with van der Waals surface area (Å²) in [4.78, 5) is 26.1. The van der Waals surface area contributed by atoms with Crippen molar-refractivity contribution in [2.75, 3.05) is 18.9 Å². The van der Waals surface area contributed by atoms with Crippen LogP contribution in [0.3, 0.4) is 0 Å². The minimum atomic E-state index is -0.676. The fraction of sp³-hybridized carbons (Fsp3) is 0.364. The molecular weight excluding hydrogens is 340 g/mol. The van der Waals surface area contributed by atoms with E-state index in [9.17, 15) is 9.59 Å². The molecule has 5 heteroatoms. The molecule has 0 saturated heterocycles. The highest BCUT2D eigenvalue weighted by Gasteiger charge is 2.21. The van der Waals surface area contributed by atoms with E-state index in [1.165, 1.54) is 4.90 Å². The molecule has 0 radical (unpaired) electrons. The van der Waals surface area contributed by atoms with Crippen molar-refractivity contribution in [3.05, 3.63) is 59.7 Å². The molecular formula is C22H28N2O3. The van der Waals surface area contributed by atoms with Crippen LogP contribution in [-0.4, -0.2) is 36.4 Å². The summed E-state index contributed by atoms with van der Waals surface area (Å²) in [6, 6.07) is 15.2. The lowest BCUT2D eigenvalue weighted by molar-refractivity contribution is -0.139. The fourth-order valence-corrected chi connectivity index (χ4v) is 2.64. The van der Waals surface area contributed by atoms with Gasteiger partial charge in [-0.05, 0) is 49.6 Å². The van der Waals surface area contributed by atoms with Gasteiger partial charge in [-0.2, -0.15) is 0 Å². The number of likely N-dealkylation sites (N-methyl/N-ethyl adjacent to an activating group) is 1. The van der Waals surface area contributed by atoms with Crippen LogP contribution in [0.2, 0.25) is 0 Å². The van der Waals surface area contributed by atoms with Gasteiger partial charge in [-0.15, -0.1) is 0 Å². The maximum Gasteiger partial charge on any atom is 0.263 e. The van der Waals surface area contributed by atoms with Crippen LogP contribution in [0.4, 0.5) is 5.69 Å². The number of amides is 2. The van der Waals surface area contributed by atoms with E-state index < -0.39 is 6.10 Å². The Balaban J connectivity index is 1.90. The average molecular weight is 368 g/mol.